The molecule has 0 spiro atoms. The Labute approximate surface area is 138 Å². The van der Waals surface area contributed by atoms with E-state index in [1.54, 1.807) is 13.8 Å². The molecule has 0 fully saturated rings. The second kappa shape index (κ2) is 8.78. The van der Waals surface area contributed by atoms with Gasteiger partial charge in [0.05, 0.1) is 12.3 Å². The second-order valence-electron chi connectivity index (χ2n) is 5.28. The minimum atomic E-state index is -1.14. The average Bonchev–Trinajstić information content (AvgIpc) is 2.54. The Kier molecular flexibility index (Phi) is 7.06. The first-order valence-electron chi connectivity index (χ1n) is 7.23. The summed E-state index contributed by atoms with van der Waals surface area (Å²) < 4.78 is 13.6. The van der Waals surface area contributed by atoms with Crippen molar-refractivity contribution in [3.05, 3.63) is 36.7 Å². The number of carbonyl (C=O) groups is 3. The lowest BCUT2D eigenvalue weighted by Gasteiger charge is -2.18. The Hall–Kier alpha value is -2.74. The van der Waals surface area contributed by atoms with E-state index in [1.165, 1.54) is 12.1 Å². The summed E-state index contributed by atoms with van der Waals surface area (Å²) in [5.41, 5.74) is 0.0578. The highest BCUT2D eigenvalue weighted by atomic mass is 19.1. The second-order valence-corrected chi connectivity index (χ2v) is 5.28. The van der Waals surface area contributed by atoms with Crippen molar-refractivity contribution in [1.82, 2.24) is 5.32 Å². The van der Waals surface area contributed by atoms with Crippen LogP contribution in [0.5, 0.6) is 0 Å². The van der Waals surface area contributed by atoms with Crippen molar-refractivity contribution in [1.29, 1.82) is 0 Å². The standard InChI is InChI=1S/C16H20FN3O4/c1-4-14(22)19-12-7-10(5-6-11(12)17)18-16(24)13(8-21)20-15(23)9(2)3/h4-7,9,13,21H,1,8H2,2-3H3,(H,18,24)(H,19,22)(H,20,23)/t13-/m0/s1. The number of anilines is 2. The van der Waals surface area contributed by atoms with Crippen LogP contribution in [0.4, 0.5) is 15.8 Å². The Morgan fingerprint density at radius 1 is 1.25 bits per heavy atom. The van der Waals surface area contributed by atoms with Gasteiger partial charge in [-0.2, -0.15) is 0 Å². The number of benzene rings is 1. The summed E-state index contributed by atoms with van der Waals surface area (Å²) in [6.07, 6.45) is 0.980. The van der Waals surface area contributed by atoms with Gasteiger partial charge in [-0.15, -0.1) is 0 Å². The molecule has 0 aromatic heterocycles. The molecule has 0 heterocycles. The number of rotatable bonds is 7. The van der Waals surface area contributed by atoms with Crippen LogP contribution in [0.1, 0.15) is 13.8 Å². The van der Waals surface area contributed by atoms with E-state index in [1.807, 2.05) is 0 Å². The summed E-state index contributed by atoms with van der Waals surface area (Å²) in [5.74, 6) is -2.69. The fourth-order valence-electron chi connectivity index (χ4n) is 1.64. The maximum absolute atomic E-state index is 13.6. The first kappa shape index (κ1) is 19.3. The third-order valence-electron chi connectivity index (χ3n) is 3.02. The third-order valence-corrected chi connectivity index (χ3v) is 3.02. The van der Waals surface area contributed by atoms with Crippen LogP contribution in [-0.4, -0.2) is 35.5 Å². The minimum Gasteiger partial charge on any atom is -0.394 e. The first-order chi connectivity index (χ1) is 11.3. The van der Waals surface area contributed by atoms with Crippen LogP contribution < -0.4 is 16.0 Å². The largest absolute Gasteiger partial charge is 0.394 e. The summed E-state index contributed by atoms with van der Waals surface area (Å²) in [5, 5.41) is 16.3. The summed E-state index contributed by atoms with van der Waals surface area (Å²) in [6.45, 7) is 5.97. The number of carbonyl (C=O) groups excluding carboxylic acids is 3. The Balaban J connectivity index is 2.85. The van der Waals surface area contributed by atoms with Gasteiger partial charge >= 0.3 is 0 Å². The van der Waals surface area contributed by atoms with Gasteiger partial charge in [-0.05, 0) is 24.3 Å². The number of amides is 3. The van der Waals surface area contributed by atoms with E-state index in [9.17, 15) is 23.9 Å². The topological polar surface area (TPSA) is 108 Å². The van der Waals surface area contributed by atoms with Crippen LogP contribution in [0.25, 0.3) is 0 Å². The maximum Gasteiger partial charge on any atom is 0.249 e. The van der Waals surface area contributed by atoms with Gasteiger partial charge in [0, 0.05) is 11.6 Å². The van der Waals surface area contributed by atoms with Crippen molar-refractivity contribution < 1.29 is 23.9 Å². The summed E-state index contributed by atoms with van der Waals surface area (Å²) in [6, 6.07) is 2.42. The minimum absolute atomic E-state index is 0.135. The van der Waals surface area contributed by atoms with Crippen molar-refractivity contribution in [3.63, 3.8) is 0 Å². The van der Waals surface area contributed by atoms with Crippen LogP contribution in [0.3, 0.4) is 0 Å². The van der Waals surface area contributed by atoms with Crippen LogP contribution in [0.15, 0.2) is 30.9 Å². The van der Waals surface area contributed by atoms with Gasteiger partial charge in [-0.25, -0.2) is 4.39 Å². The van der Waals surface area contributed by atoms with Crippen molar-refractivity contribution in [2.24, 2.45) is 5.92 Å². The van der Waals surface area contributed by atoms with Gasteiger partial charge in [0.15, 0.2) is 0 Å². The Bertz CT molecular complexity index is 646. The van der Waals surface area contributed by atoms with Crippen molar-refractivity contribution >= 4 is 29.1 Å². The highest BCUT2D eigenvalue weighted by molar-refractivity contribution is 6.00. The zero-order valence-corrected chi connectivity index (χ0v) is 13.4. The van der Waals surface area contributed by atoms with Gasteiger partial charge in [0.1, 0.15) is 11.9 Å². The Morgan fingerprint density at radius 3 is 2.46 bits per heavy atom. The van der Waals surface area contributed by atoms with Gasteiger partial charge in [0.2, 0.25) is 17.7 Å². The van der Waals surface area contributed by atoms with Gasteiger partial charge in [-0.1, -0.05) is 20.4 Å². The van der Waals surface area contributed by atoms with Gasteiger partial charge in [0.25, 0.3) is 0 Å². The van der Waals surface area contributed by atoms with Gasteiger partial charge < -0.3 is 21.1 Å². The monoisotopic (exact) mass is 337 g/mol. The van der Waals surface area contributed by atoms with Crippen LogP contribution in [0, 0.1) is 11.7 Å². The summed E-state index contributed by atoms with van der Waals surface area (Å²) >= 11 is 0. The molecule has 24 heavy (non-hydrogen) atoms. The van der Waals surface area contributed by atoms with Crippen LogP contribution in [0.2, 0.25) is 0 Å². The first-order valence-corrected chi connectivity index (χ1v) is 7.23. The number of aliphatic hydroxyl groups excluding tert-OH is 1. The van der Waals surface area contributed by atoms with Crippen molar-refractivity contribution in [2.75, 3.05) is 17.2 Å². The molecule has 0 aliphatic rings. The number of hydrogen-bond donors (Lipinski definition) is 4. The van der Waals surface area contributed by atoms with Gasteiger partial charge in [-0.3, -0.25) is 14.4 Å². The molecule has 0 aliphatic heterocycles. The van der Waals surface area contributed by atoms with Crippen LogP contribution >= 0.6 is 0 Å². The molecular formula is C16H20FN3O4. The summed E-state index contributed by atoms with van der Waals surface area (Å²) in [4.78, 5) is 34.9. The molecular weight excluding hydrogens is 317 g/mol. The summed E-state index contributed by atoms with van der Waals surface area (Å²) in [7, 11) is 0. The molecule has 0 unspecified atom stereocenters. The van der Waals surface area contributed by atoms with E-state index in [-0.39, 0.29) is 23.2 Å². The SMILES string of the molecule is C=CC(=O)Nc1cc(NC(=O)[C@H](CO)NC(=O)C(C)C)ccc1F. The van der Waals surface area contributed by atoms with E-state index in [0.29, 0.717) is 0 Å². The molecule has 7 nitrogen and oxygen atoms in total. The van der Waals surface area contributed by atoms with E-state index in [0.717, 1.165) is 12.1 Å². The molecule has 3 amide bonds. The number of nitrogens with one attached hydrogen (secondary N) is 3. The van der Waals surface area contributed by atoms with E-state index in [2.05, 4.69) is 22.5 Å². The zero-order chi connectivity index (χ0) is 18.3. The molecule has 130 valence electrons. The Morgan fingerprint density at radius 2 is 1.92 bits per heavy atom. The molecule has 1 atom stereocenters. The molecule has 1 rings (SSSR count). The predicted molar refractivity (Wildman–Crippen MR) is 87.7 cm³/mol. The lowest BCUT2D eigenvalue weighted by molar-refractivity contribution is -0.129. The lowest BCUT2D eigenvalue weighted by atomic mass is 10.2. The van der Waals surface area contributed by atoms with E-state index >= 15 is 0 Å². The predicted octanol–water partition coefficient (Wildman–Crippen LogP) is 1.02. The average molecular weight is 337 g/mol. The van der Waals surface area contributed by atoms with E-state index < -0.39 is 30.3 Å². The fraction of sp³-hybridized carbons (Fsp3) is 0.312. The third kappa shape index (κ3) is 5.47. The molecule has 1 aromatic rings. The smallest absolute Gasteiger partial charge is 0.249 e. The van der Waals surface area contributed by atoms with Crippen molar-refractivity contribution in [2.45, 2.75) is 19.9 Å². The highest BCUT2D eigenvalue weighted by Crippen LogP contribution is 2.20. The van der Waals surface area contributed by atoms with Crippen molar-refractivity contribution in [3.8, 4) is 0 Å². The lowest BCUT2D eigenvalue weighted by Crippen LogP contribution is -2.47. The van der Waals surface area contributed by atoms with E-state index in [4.69, 9.17) is 0 Å². The molecule has 8 heteroatoms. The highest BCUT2D eigenvalue weighted by Gasteiger charge is 2.21. The molecule has 1 aromatic carbocycles. The molecule has 0 radical (unpaired) electrons. The number of halogens is 1. The van der Waals surface area contributed by atoms with Crippen LogP contribution in [-0.2, 0) is 14.4 Å². The number of hydrogen-bond acceptors (Lipinski definition) is 4. The molecule has 4 N–H and O–H groups in total. The molecule has 0 saturated heterocycles. The fourth-order valence-corrected chi connectivity index (χ4v) is 1.64. The molecule has 0 bridgehead atoms. The maximum atomic E-state index is 13.6. The quantitative estimate of drug-likeness (QED) is 0.557. The number of aliphatic hydroxyl groups is 1. The molecule has 0 aliphatic carbocycles. The molecule has 0 saturated carbocycles. The zero-order valence-electron chi connectivity index (χ0n) is 13.4. The normalized spacial score (nSPS) is 11.5.